The highest BCUT2D eigenvalue weighted by atomic mass is 35.5. The minimum absolute atomic E-state index is 0.246. The van der Waals surface area contributed by atoms with Crippen LogP contribution in [0, 0.1) is 6.92 Å². The molecule has 0 amide bonds. The quantitative estimate of drug-likeness (QED) is 0.270. The molecule has 0 atom stereocenters. The summed E-state index contributed by atoms with van der Waals surface area (Å²) < 4.78 is 0. The third kappa shape index (κ3) is 6.99. The van der Waals surface area contributed by atoms with Crippen LogP contribution < -0.4 is 16.6 Å². The van der Waals surface area contributed by atoms with E-state index in [4.69, 9.17) is 17.3 Å². The standard InChI is InChI=1S/C24H23ClN6O.C6H13N/c1-14-11-26-13-21(28-14)15-7-8-18(20(25)10-15)19-9-16-12-27-24(31-22(16)30-23(19)32)29-17-5-3-2-4-6-17;7-6-4-2-1-3-5-6/h7-13,17H,2-6H2,1H3,(H2,27,29,30,31,32);6H,1-5,7H2. The van der Waals surface area contributed by atoms with E-state index in [1.165, 1.54) is 51.4 Å². The van der Waals surface area contributed by atoms with E-state index in [0.29, 0.717) is 39.8 Å². The molecule has 2 fully saturated rings. The molecular weight excluding hydrogens is 510 g/mol. The third-order valence-electron chi connectivity index (χ3n) is 7.49. The summed E-state index contributed by atoms with van der Waals surface area (Å²) in [6, 6.07) is 8.24. The molecule has 3 aromatic heterocycles. The number of nitrogens with one attached hydrogen (secondary N) is 2. The van der Waals surface area contributed by atoms with Gasteiger partial charge in [0, 0.05) is 51.6 Å². The van der Waals surface area contributed by atoms with Crippen molar-refractivity contribution < 1.29 is 0 Å². The summed E-state index contributed by atoms with van der Waals surface area (Å²) in [5.41, 5.74) is 9.41. The number of aryl methyl sites for hydroxylation is 1. The second-order valence-corrected chi connectivity index (χ2v) is 11.0. The fraction of sp³-hybridized carbons (Fsp3) is 0.433. The lowest BCUT2D eigenvalue weighted by molar-refractivity contribution is 0.441. The van der Waals surface area contributed by atoms with Gasteiger partial charge in [0.25, 0.3) is 5.56 Å². The fourth-order valence-electron chi connectivity index (χ4n) is 5.32. The normalized spacial score (nSPS) is 16.5. The molecule has 39 heavy (non-hydrogen) atoms. The molecule has 204 valence electrons. The van der Waals surface area contributed by atoms with Gasteiger partial charge >= 0.3 is 0 Å². The molecule has 4 N–H and O–H groups in total. The van der Waals surface area contributed by atoms with Crippen LogP contribution in [0.2, 0.25) is 5.02 Å². The average molecular weight is 546 g/mol. The molecule has 6 rings (SSSR count). The summed E-state index contributed by atoms with van der Waals surface area (Å²) in [6.45, 7) is 1.89. The van der Waals surface area contributed by atoms with Crippen molar-refractivity contribution in [1.29, 1.82) is 0 Å². The van der Waals surface area contributed by atoms with Gasteiger partial charge in [0.05, 0.1) is 17.6 Å². The zero-order chi connectivity index (χ0) is 27.2. The van der Waals surface area contributed by atoms with Crippen LogP contribution in [-0.4, -0.2) is 37.0 Å². The number of pyridine rings is 1. The third-order valence-corrected chi connectivity index (χ3v) is 7.80. The molecule has 9 heteroatoms. The Morgan fingerprint density at radius 3 is 2.33 bits per heavy atom. The Labute approximate surface area is 233 Å². The summed E-state index contributed by atoms with van der Waals surface area (Å²) in [7, 11) is 0. The molecule has 3 heterocycles. The van der Waals surface area contributed by atoms with Gasteiger partial charge in [0.2, 0.25) is 5.95 Å². The Balaban J connectivity index is 0.000000384. The largest absolute Gasteiger partial charge is 0.351 e. The van der Waals surface area contributed by atoms with Crippen LogP contribution in [-0.2, 0) is 0 Å². The van der Waals surface area contributed by atoms with Gasteiger partial charge in [-0.2, -0.15) is 4.98 Å². The van der Waals surface area contributed by atoms with E-state index in [1.54, 1.807) is 30.7 Å². The SMILES string of the molecule is Cc1cncc(-c2ccc(-c3cc4cnc(NC5CCCCC5)nc4[nH]c3=O)c(Cl)c2)n1.NC1CCCCC1. The van der Waals surface area contributed by atoms with Crippen molar-refractivity contribution in [2.75, 3.05) is 5.32 Å². The van der Waals surface area contributed by atoms with Crippen LogP contribution in [0.15, 0.2) is 47.7 Å². The van der Waals surface area contributed by atoms with E-state index in [9.17, 15) is 4.79 Å². The van der Waals surface area contributed by atoms with Gasteiger partial charge in [0.15, 0.2) is 0 Å². The minimum Gasteiger partial charge on any atom is -0.351 e. The summed E-state index contributed by atoms with van der Waals surface area (Å²) in [5, 5.41) is 4.61. The highest BCUT2D eigenvalue weighted by Gasteiger charge is 2.16. The molecule has 0 radical (unpaired) electrons. The molecule has 2 aliphatic rings. The monoisotopic (exact) mass is 545 g/mol. The molecule has 2 saturated carbocycles. The predicted molar refractivity (Wildman–Crippen MR) is 158 cm³/mol. The van der Waals surface area contributed by atoms with Crippen LogP contribution in [0.4, 0.5) is 5.95 Å². The van der Waals surface area contributed by atoms with Crippen LogP contribution in [0.25, 0.3) is 33.4 Å². The van der Waals surface area contributed by atoms with Crippen molar-refractivity contribution in [3.05, 3.63) is 63.9 Å². The number of nitrogens with zero attached hydrogens (tertiary/aromatic N) is 4. The molecule has 0 aliphatic heterocycles. The minimum atomic E-state index is -0.246. The highest BCUT2D eigenvalue weighted by molar-refractivity contribution is 6.33. The molecule has 1 aromatic carbocycles. The second-order valence-electron chi connectivity index (χ2n) is 10.6. The Kier molecular flexibility index (Phi) is 8.84. The van der Waals surface area contributed by atoms with Crippen LogP contribution in [0.3, 0.4) is 0 Å². The number of halogens is 1. The van der Waals surface area contributed by atoms with E-state index in [-0.39, 0.29) is 5.56 Å². The molecule has 0 spiro atoms. The molecule has 2 aliphatic carbocycles. The van der Waals surface area contributed by atoms with Crippen molar-refractivity contribution in [2.24, 2.45) is 5.73 Å². The van der Waals surface area contributed by atoms with Crippen molar-refractivity contribution in [1.82, 2.24) is 24.9 Å². The smallest absolute Gasteiger partial charge is 0.257 e. The lowest BCUT2D eigenvalue weighted by Gasteiger charge is -2.22. The highest BCUT2D eigenvalue weighted by Crippen LogP contribution is 2.31. The molecule has 0 unspecified atom stereocenters. The number of fused-ring (bicyclic) bond motifs is 1. The number of hydrogen-bond donors (Lipinski definition) is 3. The zero-order valence-electron chi connectivity index (χ0n) is 22.4. The maximum atomic E-state index is 12.9. The van der Waals surface area contributed by atoms with Crippen molar-refractivity contribution in [2.45, 2.75) is 83.2 Å². The van der Waals surface area contributed by atoms with Gasteiger partial charge in [-0.25, -0.2) is 9.97 Å². The number of rotatable bonds is 4. The number of nitrogens with two attached hydrogens (primary N) is 1. The van der Waals surface area contributed by atoms with Crippen LogP contribution in [0.5, 0.6) is 0 Å². The molecule has 8 nitrogen and oxygen atoms in total. The Hall–Kier alpha value is -3.36. The lowest BCUT2D eigenvalue weighted by atomic mass is 9.96. The van der Waals surface area contributed by atoms with Gasteiger partial charge < -0.3 is 16.0 Å². The molecule has 0 saturated heterocycles. The first-order valence-electron chi connectivity index (χ1n) is 14.0. The predicted octanol–water partition coefficient (Wildman–Crippen LogP) is 6.43. The number of aromatic amines is 1. The molecule has 0 bridgehead atoms. The maximum Gasteiger partial charge on any atom is 0.257 e. The second kappa shape index (κ2) is 12.7. The Bertz CT molecular complexity index is 1480. The van der Waals surface area contributed by atoms with Crippen LogP contribution in [0.1, 0.15) is 69.9 Å². The van der Waals surface area contributed by atoms with E-state index >= 15 is 0 Å². The van der Waals surface area contributed by atoms with Gasteiger partial charge in [0.1, 0.15) is 5.65 Å². The summed E-state index contributed by atoms with van der Waals surface area (Å²) in [5.74, 6) is 0.550. The fourth-order valence-corrected chi connectivity index (χ4v) is 5.60. The van der Waals surface area contributed by atoms with Crippen molar-refractivity contribution in [3.63, 3.8) is 0 Å². The summed E-state index contributed by atoms with van der Waals surface area (Å²) >= 11 is 6.57. The lowest BCUT2D eigenvalue weighted by Crippen LogP contribution is -2.23. The average Bonchev–Trinajstić information content (AvgIpc) is 2.94. The number of H-pyrrole nitrogens is 1. The first-order chi connectivity index (χ1) is 19.0. The van der Waals surface area contributed by atoms with E-state index in [1.807, 2.05) is 19.1 Å². The first-order valence-corrected chi connectivity index (χ1v) is 14.4. The first kappa shape index (κ1) is 27.2. The number of hydrogen-bond acceptors (Lipinski definition) is 7. The van der Waals surface area contributed by atoms with Gasteiger partial charge in [-0.3, -0.25) is 9.78 Å². The van der Waals surface area contributed by atoms with E-state index in [2.05, 4.69) is 30.2 Å². The summed E-state index contributed by atoms with van der Waals surface area (Å²) in [6.07, 6.45) is 17.8. The molecular formula is C30H36ClN7O. The Morgan fingerprint density at radius 1 is 0.923 bits per heavy atom. The van der Waals surface area contributed by atoms with Gasteiger partial charge in [-0.05, 0) is 44.7 Å². The topological polar surface area (TPSA) is 122 Å². The van der Waals surface area contributed by atoms with Crippen molar-refractivity contribution >= 4 is 28.6 Å². The van der Waals surface area contributed by atoms with Crippen molar-refractivity contribution in [3.8, 4) is 22.4 Å². The van der Waals surface area contributed by atoms with Gasteiger partial charge in [-0.1, -0.05) is 62.3 Å². The summed E-state index contributed by atoms with van der Waals surface area (Å²) in [4.78, 5) is 33.4. The Morgan fingerprint density at radius 2 is 1.67 bits per heavy atom. The van der Waals surface area contributed by atoms with Crippen LogP contribution >= 0.6 is 11.6 Å². The van der Waals surface area contributed by atoms with E-state index < -0.39 is 0 Å². The number of anilines is 1. The zero-order valence-corrected chi connectivity index (χ0v) is 23.2. The van der Waals surface area contributed by atoms with E-state index in [0.717, 1.165) is 35.2 Å². The maximum absolute atomic E-state index is 12.9. The van der Waals surface area contributed by atoms with Gasteiger partial charge in [-0.15, -0.1) is 0 Å². The number of aromatic nitrogens is 5. The molecule has 4 aromatic rings. The number of benzene rings is 1.